The average Bonchev–Trinajstić information content (AvgIpc) is 3.04. The molecule has 0 aliphatic heterocycles. The van der Waals surface area contributed by atoms with E-state index >= 15 is 0 Å². The zero-order valence-electron chi connectivity index (χ0n) is 14.5. The number of carbonyl (C=O) groups excluding carboxylic acids is 1. The lowest BCUT2D eigenvalue weighted by molar-refractivity contribution is -0.146. The lowest BCUT2D eigenvalue weighted by Gasteiger charge is -2.19. The number of hydrogen-bond acceptors (Lipinski definition) is 5. The third-order valence-corrected chi connectivity index (χ3v) is 4.80. The van der Waals surface area contributed by atoms with Crippen LogP contribution < -0.4 is 10.1 Å². The van der Waals surface area contributed by atoms with Crippen LogP contribution in [0.1, 0.15) is 20.8 Å². The standard InChI is InChI=1S/C17H21N3O4S/c1-11(25-14-7-5-13(24-4)6-8-14)15(21)19-12-9-18-20(10-12)17(2,3)16(22)23/h5-11H,1-4H3,(H,19,21)(H,22,23). The van der Waals surface area contributed by atoms with Gasteiger partial charge < -0.3 is 15.2 Å². The minimum atomic E-state index is -1.19. The van der Waals surface area contributed by atoms with E-state index in [1.165, 1.54) is 42.7 Å². The Hall–Kier alpha value is -2.48. The van der Waals surface area contributed by atoms with E-state index in [9.17, 15) is 14.7 Å². The molecular formula is C17H21N3O4S. The summed E-state index contributed by atoms with van der Waals surface area (Å²) in [5.74, 6) is -0.430. The van der Waals surface area contributed by atoms with Gasteiger partial charge in [0.1, 0.15) is 5.75 Å². The van der Waals surface area contributed by atoms with Gasteiger partial charge in [0.25, 0.3) is 0 Å². The fourth-order valence-electron chi connectivity index (χ4n) is 1.95. The molecular weight excluding hydrogens is 342 g/mol. The summed E-state index contributed by atoms with van der Waals surface area (Å²) in [6, 6.07) is 7.46. The van der Waals surface area contributed by atoms with E-state index in [2.05, 4.69) is 10.4 Å². The second-order valence-electron chi connectivity index (χ2n) is 5.96. The van der Waals surface area contributed by atoms with Crippen molar-refractivity contribution in [3.8, 4) is 5.75 Å². The number of nitrogens with zero attached hydrogens (tertiary/aromatic N) is 2. The van der Waals surface area contributed by atoms with Crippen LogP contribution in [0.2, 0.25) is 0 Å². The fraction of sp³-hybridized carbons (Fsp3) is 0.353. The van der Waals surface area contributed by atoms with Gasteiger partial charge in [-0.25, -0.2) is 4.79 Å². The number of nitrogens with one attached hydrogen (secondary N) is 1. The van der Waals surface area contributed by atoms with E-state index in [1.807, 2.05) is 24.3 Å². The van der Waals surface area contributed by atoms with Gasteiger partial charge in [-0.05, 0) is 45.0 Å². The van der Waals surface area contributed by atoms with Crippen molar-refractivity contribution in [1.82, 2.24) is 9.78 Å². The highest BCUT2D eigenvalue weighted by atomic mass is 32.2. The number of carboxylic acid groups (broad SMARTS) is 1. The molecule has 1 amide bonds. The first-order valence-electron chi connectivity index (χ1n) is 7.64. The monoisotopic (exact) mass is 363 g/mol. The van der Waals surface area contributed by atoms with E-state index in [0.717, 1.165) is 10.6 Å². The summed E-state index contributed by atoms with van der Waals surface area (Å²) in [7, 11) is 1.60. The number of ether oxygens (including phenoxy) is 1. The molecule has 2 N–H and O–H groups in total. The van der Waals surface area contributed by atoms with Crippen molar-refractivity contribution >= 4 is 29.3 Å². The largest absolute Gasteiger partial charge is 0.497 e. The van der Waals surface area contributed by atoms with Gasteiger partial charge in [-0.1, -0.05) is 0 Å². The summed E-state index contributed by atoms with van der Waals surface area (Å²) >= 11 is 1.42. The first-order chi connectivity index (χ1) is 11.7. The quantitative estimate of drug-likeness (QED) is 0.735. The molecule has 25 heavy (non-hydrogen) atoms. The number of carboxylic acids is 1. The lowest BCUT2D eigenvalue weighted by Crippen LogP contribution is -2.36. The molecule has 2 aromatic rings. The molecule has 0 aliphatic rings. The second kappa shape index (κ2) is 7.60. The van der Waals surface area contributed by atoms with Crippen molar-refractivity contribution in [2.45, 2.75) is 36.5 Å². The predicted octanol–water partition coefficient (Wildman–Crippen LogP) is 2.83. The molecule has 0 radical (unpaired) electrons. The van der Waals surface area contributed by atoms with Crippen molar-refractivity contribution in [3.63, 3.8) is 0 Å². The molecule has 1 heterocycles. The van der Waals surface area contributed by atoms with Crippen LogP contribution in [0.4, 0.5) is 5.69 Å². The van der Waals surface area contributed by atoms with Crippen LogP contribution in [0.3, 0.4) is 0 Å². The highest BCUT2D eigenvalue weighted by Crippen LogP contribution is 2.26. The Morgan fingerprint density at radius 3 is 2.52 bits per heavy atom. The minimum absolute atomic E-state index is 0.187. The van der Waals surface area contributed by atoms with Gasteiger partial charge in [-0.2, -0.15) is 5.10 Å². The van der Waals surface area contributed by atoms with Crippen LogP contribution in [0, 0.1) is 0 Å². The minimum Gasteiger partial charge on any atom is -0.497 e. The Bertz CT molecular complexity index is 756. The molecule has 0 saturated heterocycles. The summed E-state index contributed by atoms with van der Waals surface area (Å²) in [5.41, 5.74) is -0.728. The Morgan fingerprint density at radius 2 is 1.96 bits per heavy atom. The zero-order chi connectivity index (χ0) is 18.6. The van der Waals surface area contributed by atoms with Gasteiger partial charge in [0.15, 0.2) is 5.54 Å². The van der Waals surface area contributed by atoms with Crippen molar-refractivity contribution in [1.29, 1.82) is 0 Å². The summed E-state index contributed by atoms with van der Waals surface area (Å²) in [6.07, 6.45) is 2.95. The number of aliphatic carboxylic acids is 1. The van der Waals surface area contributed by atoms with Gasteiger partial charge in [0.2, 0.25) is 5.91 Å². The molecule has 2 rings (SSSR count). The highest BCUT2D eigenvalue weighted by Gasteiger charge is 2.30. The first-order valence-corrected chi connectivity index (χ1v) is 8.52. The van der Waals surface area contributed by atoms with Crippen molar-refractivity contribution in [2.75, 3.05) is 12.4 Å². The molecule has 8 heteroatoms. The normalized spacial score (nSPS) is 12.5. The fourth-order valence-corrected chi connectivity index (χ4v) is 2.81. The number of thioether (sulfide) groups is 1. The first kappa shape index (κ1) is 18.9. The molecule has 0 saturated carbocycles. The SMILES string of the molecule is COc1ccc(SC(C)C(=O)Nc2cnn(C(C)(C)C(=O)O)c2)cc1. The van der Waals surface area contributed by atoms with Crippen LogP contribution in [-0.2, 0) is 15.1 Å². The molecule has 0 bridgehead atoms. The third kappa shape index (κ3) is 4.54. The summed E-state index contributed by atoms with van der Waals surface area (Å²) in [6.45, 7) is 4.88. The summed E-state index contributed by atoms with van der Waals surface area (Å²) < 4.78 is 6.42. The molecule has 1 unspecified atom stereocenters. The van der Waals surface area contributed by atoms with Crippen molar-refractivity contribution in [3.05, 3.63) is 36.7 Å². The molecule has 1 aromatic heterocycles. The Morgan fingerprint density at radius 1 is 1.32 bits per heavy atom. The molecule has 0 aliphatic carbocycles. The van der Waals surface area contributed by atoms with E-state index in [0.29, 0.717) is 5.69 Å². The number of anilines is 1. The number of carbonyl (C=O) groups is 2. The zero-order valence-corrected chi connectivity index (χ0v) is 15.3. The van der Waals surface area contributed by atoms with E-state index in [-0.39, 0.29) is 11.2 Å². The topological polar surface area (TPSA) is 93.5 Å². The highest BCUT2D eigenvalue weighted by molar-refractivity contribution is 8.00. The molecule has 0 fully saturated rings. The van der Waals surface area contributed by atoms with Gasteiger partial charge in [-0.15, -0.1) is 11.8 Å². The van der Waals surface area contributed by atoms with Crippen LogP contribution >= 0.6 is 11.8 Å². The Kier molecular flexibility index (Phi) is 5.73. The molecule has 7 nitrogen and oxygen atoms in total. The number of methoxy groups -OCH3 is 1. The van der Waals surface area contributed by atoms with E-state index in [1.54, 1.807) is 14.0 Å². The van der Waals surface area contributed by atoms with Gasteiger partial charge >= 0.3 is 5.97 Å². The van der Waals surface area contributed by atoms with Crippen LogP contribution in [-0.4, -0.2) is 39.1 Å². The molecule has 0 spiro atoms. The maximum absolute atomic E-state index is 12.3. The summed E-state index contributed by atoms with van der Waals surface area (Å²) in [5, 5.41) is 15.7. The maximum atomic E-state index is 12.3. The number of benzene rings is 1. The Labute approximate surface area is 150 Å². The Balaban J connectivity index is 1.99. The molecule has 134 valence electrons. The second-order valence-corrected chi connectivity index (χ2v) is 7.38. The smallest absolute Gasteiger partial charge is 0.331 e. The van der Waals surface area contributed by atoms with E-state index in [4.69, 9.17) is 4.74 Å². The van der Waals surface area contributed by atoms with Crippen molar-refractivity contribution < 1.29 is 19.4 Å². The number of hydrogen-bond donors (Lipinski definition) is 2. The van der Waals surface area contributed by atoms with Crippen LogP contribution in [0.15, 0.2) is 41.6 Å². The van der Waals surface area contributed by atoms with Crippen LogP contribution in [0.5, 0.6) is 5.75 Å². The lowest BCUT2D eigenvalue weighted by atomic mass is 10.1. The van der Waals surface area contributed by atoms with Gasteiger partial charge in [-0.3, -0.25) is 9.48 Å². The number of aromatic nitrogens is 2. The maximum Gasteiger partial charge on any atom is 0.331 e. The molecule has 1 atom stereocenters. The average molecular weight is 363 g/mol. The predicted molar refractivity (Wildman–Crippen MR) is 96.1 cm³/mol. The van der Waals surface area contributed by atoms with Gasteiger partial charge in [0, 0.05) is 11.1 Å². The number of rotatable bonds is 7. The van der Waals surface area contributed by atoms with Crippen molar-refractivity contribution in [2.24, 2.45) is 0 Å². The van der Waals surface area contributed by atoms with Crippen LogP contribution in [0.25, 0.3) is 0 Å². The third-order valence-electron chi connectivity index (χ3n) is 3.69. The van der Waals surface area contributed by atoms with Gasteiger partial charge in [0.05, 0.1) is 24.2 Å². The number of amides is 1. The molecule has 1 aromatic carbocycles. The summed E-state index contributed by atoms with van der Waals surface area (Å²) in [4.78, 5) is 24.5. The van der Waals surface area contributed by atoms with E-state index < -0.39 is 11.5 Å².